The zero-order valence-corrected chi connectivity index (χ0v) is 18.6. The number of carbonyl (C=O) groups is 2. The van der Waals surface area contributed by atoms with Crippen LogP contribution in [0, 0.1) is 5.92 Å². The lowest BCUT2D eigenvalue weighted by molar-refractivity contribution is -0.329. The zero-order valence-electron chi connectivity index (χ0n) is 18.6. The molecule has 4 aliphatic heterocycles. The van der Waals surface area contributed by atoms with Crippen molar-refractivity contribution in [2.75, 3.05) is 18.6 Å². The van der Waals surface area contributed by atoms with E-state index in [2.05, 4.69) is 0 Å². The van der Waals surface area contributed by atoms with E-state index in [1.807, 2.05) is 24.3 Å². The first kappa shape index (κ1) is 20.2. The summed E-state index contributed by atoms with van der Waals surface area (Å²) in [5.41, 5.74) is 0.317. The molecular formula is C26H24N2O6. The normalized spacial score (nSPS) is 34.8. The highest BCUT2D eigenvalue weighted by Crippen LogP contribution is 2.63. The van der Waals surface area contributed by atoms with Crippen molar-refractivity contribution in [3.05, 3.63) is 77.1 Å². The molecule has 2 saturated heterocycles. The maximum Gasteiger partial charge on any atom is 0.278 e. The van der Waals surface area contributed by atoms with Crippen LogP contribution < -0.4 is 4.90 Å². The fourth-order valence-corrected chi connectivity index (χ4v) is 6.88. The Morgan fingerprint density at radius 3 is 2.79 bits per heavy atom. The minimum atomic E-state index is -1.33. The quantitative estimate of drug-likeness (QED) is 0.740. The third-order valence-corrected chi connectivity index (χ3v) is 8.06. The van der Waals surface area contributed by atoms with E-state index < -0.39 is 29.4 Å². The van der Waals surface area contributed by atoms with Crippen molar-refractivity contribution in [3.63, 3.8) is 0 Å². The summed E-state index contributed by atoms with van der Waals surface area (Å²) in [6.07, 6.45) is 3.03. The van der Waals surface area contributed by atoms with Crippen LogP contribution in [-0.2, 0) is 31.1 Å². The van der Waals surface area contributed by atoms with Crippen LogP contribution in [0.4, 0.5) is 5.69 Å². The van der Waals surface area contributed by atoms with Crippen molar-refractivity contribution < 1.29 is 29.0 Å². The van der Waals surface area contributed by atoms with Crippen molar-refractivity contribution >= 4 is 17.5 Å². The monoisotopic (exact) mass is 460 g/mol. The predicted octanol–water partition coefficient (Wildman–Crippen LogP) is 2.27. The fourth-order valence-electron chi connectivity index (χ4n) is 6.88. The number of hydroxylamine groups is 2. The number of benzene rings is 2. The van der Waals surface area contributed by atoms with Gasteiger partial charge in [0.1, 0.15) is 24.0 Å². The highest BCUT2D eigenvalue weighted by molar-refractivity contribution is 6.00. The van der Waals surface area contributed by atoms with Crippen molar-refractivity contribution in [2.24, 2.45) is 5.92 Å². The lowest BCUT2D eigenvalue weighted by atomic mass is 9.58. The number of hydrogen-bond donors (Lipinski definition) is 1. The Kier molecular flexibility index (Phi) is 3.97. The number of methoxy groups -OCH3 is 1. The highest BCUT2D eigenvalue weighted by Gasteiger charge is 2.76. The molecule has 34 heavy (non-hydrogen) atoms. The molecule has 2 amide bonds. The zero-order chi connectivity index (χ0) is 23.2. The van der Waals surface area contributed by atoms with E-state index in [9.17, 15) is 14.7 Å². The van der Waals surface area contributed by atoms with Crippen LogP contribution in [0.2, 0.25) is 0 Å². The van der Waals surface area contributed by atoms with Gasteiger partial charge < -0.3 is 14.6 Å². The van der Waals surface area contributed by atoms with Gasteiger partial charge in [0, 0.05) is 11.1 Å². The van der Waals surface area contributed by atoms with Crippen LogP contribution in [0.1, 0.15) is 34.3 Å². The summed E-state index contributed by atoms with van der Waals surface area (Å²) in [6.45, 7) is -0.119. The number of aryl methyl sites for hydroxylation is 1. The SMILES string of the molecule is COC1=CC2ON(C(=O)c3ccccc3)C1C1C3(O)CCCc4cccc(c43)N3C(=O)COC213. The molecule has 2 aliphatic carbocycles. The van der Waals surface area contributed by atoms with E-state index in [0.717, 1.165) is 24.0 Å². The second-order valence-electron chi connectivity index (χ2n) is 9.58. The van der Waals surface area contributed by atoms with E-state index in [1.165, 1.54) is 5.06 Å². The number of anilines is 1. The first-order valence-electron chi connectivity index (χ1n) is 11.6. The number of aliphatic hydroxyl groups is 1. The van der Waals surface area contributed by atoms with Gasteiger partial charge in [0.25, 0.3) is 11.8 Å². The molecule has 5 unspecified atom stereocenters. The third-order valence-electron chi connectivity index (χ3n) is 8.06. The molecule has 5 atom stereocenters. The smallest absolute Gasteiger partial charge is 0.278 e. The molecule has 2 aromatic carbocycles. The number of ether oxygens (including phenoxy) is 2. The Labute approximate surface area is 196 Å². The van der Waals surface area contributed by atoms with E-state index >= 15 is 0 Å². The van der Waals surface area contributed by atoms with Crippen molar-refractivity contribution in [3.8, 4) is 0 Å². The molecule has 8 nitrogen and oxygen atoms in total. The molecule has 2 bridgehead atoms. The summed E-state index contributed by atoms with van der Waals surface area (Å²) in [4.78, 5) is 34.8. The van der Waals surface area contributed by atoms with Gasteiger partial charge in [0.15, 0.2) is 11.8 Å². The minimum Gasteiger partial charge on any atom is -0.499 e. The van der Waals surface area contributed by atoms with Crippen LogP contribution in [0.15, 0.2) is 60.4 Å². The lowest BCUT2D eigenvalue weighted by Gasteiger charge is -2.65. The predicted molar refractivity (Wildman–Crippen MR) is 119 cm³/mol. The molecule has 0 radical (unpaired) electrons. The van der Waals surface area contributed by atoms with Crippen LogP contribution in [-0.4, -0.2) is 53.6 Å². The first-order valence-corrected chi connectivity index (χ1v) is 11.6. The number of carbonyl (C=O) groups excluding carboxylic acids is 2. The molecule has 1 N–H and O–H groups in total. The molecule has 2 aromatic rings. The maximum atomic E-state index is 13.6. The van der Waals surface area contributed by atoms with E-state index in [1.54, 1.807) is 42.4 Å². The van der Waals surface area contributed by atoms with Crippen molar-refractivity contribution in [2.45, 2.75) is 42.7 Å². The van der Waals surface area contributed by atoms with E-state index in [0.29, 0.717) is 23.4 Å². The van der Waals surface area contributed by atoms with Gasteiger partial charge in [-0.15, -0.1) is 0 Å². The molecule has 6 aliphatic rings. The summed E-state index contributed by atoms with van der Waals surface area (Å²) in [7, 11) is 1.55. The Bertz CT molecular complexity index is 1260. The van der Waals surface area contributed by atoms with Crippen LogP contribution in [0.25, 0.3) is 0 Å². The van der Waals surface area contributed by atoms with Crippen LogP contribution >= 0.6 is 0 Å². The van der Waals surface area contributed by atoms with Gasteiger partial charge in [0.2, 0.25) is 0 Å². The van der Waals surface area contributed by atoms with Crippen molar-refractivity contribution in [1.29, 1.82) is 0 Å². The van der Waals surface area contributed by atoms with Crippen molar-refractivity contribution in [1.82, 2.24) is 5.06 Å². The first-order chi connectivity index (χ1) is 16.5. The summed E-state index contributed by atoms with van der Waals surface area (Å²) < 4.78 is 12.0. The van der Waals surface area contributed by atoms with Gasteiger partial charge in [-0.05, 0) is 49.1 Å². The molecule has 2 fully saturated rings. The van der Waals surface area contributed by atoms with E-state index in [-0.39, 0.29) is 18.4 Å². The maximum absolute atomic E-state index is 13.6. The van der Waals surface area contributed by atoms with Gasteiger partial charge in [-0.2, -0.15) is 0 Å². The van der Waals surface area contributed by atoms with Gasteiger partial charge in [-0.3, -0.25) is 19.3 Å². The average Bonchev–Trinajstić information content (AvgIpc) is 3.20. The molecule has 8 rings (SSSR count). The fraction of sp³-hybridized carbons (Fsp3) is 0.385. The van der Waals surface area contributed by atoms with Gasteiger partial charge in [-0.1, -0.05) is 30.3 Å². The Morgan fingerprint density at radius 1 is 1.18 bits per heavy atom. The Morgan fingerprint density at radius 2 is 2.00 bits per heavy atom. The highest BCUT2D eigenvalue weighted by atomic mass is 16.7. The average molecular weight is 460 g/mol. The molecule has 8 heteroatoms. The summed E-state index contributed by atoms with van der Waals surface area (Å²) in [5, 5.41) is 13.8. The molecular weight excluding hydrogens is 436 g/mol. The number of fused-ring (bicyclic) bond motifs is 2. The van der Waals surface area contributed by atoms with E-state index in [4.69, 9.17) is 14.3 Å². The second-order valence-corrected chi connectivity index (χ2v) is 9.58. The standard InChI is InChI=1S/C26H24N2O6/c1-32-18-13-19-26-23(22(18)28(34-19)24(30)16-7-3-2-4-8-16)25(31)12-6-10-15-9-5-11-17(21(15)25)27(26)20(29)14-33-26/h2-5,7-9,11,13,19,22-23,31H,6,10,12,14H2,1H3. The molecule has 1 spiro atoms. The Hall–Kier alpha value is -3.20. The number of rotatable bonds is 2. The minimum absolute atomic E-state index is 0.119. The van der Waals surface area contributed by atoms with Gasteiger partial charge in [0.05, 0.1) is 18.7 Å². The Balaban J connectivity index is 1.48. The van der Waals surface area contributed by atoms with Crippen LogP contribution in [0.3, 0.4) is 0 Å². The summed E-state index contributed by atoms with van der Waals surface area (Å²) >= 11 is 0. The van der Waals surface area contributed by atoms with Crippen LogP contribution in [0.5, 0.6) is 0 Å². The number of hydrogen-bond acceptors (Lipinski definition) is 6. The number of nitrogens with zero attached hydrogens (tertiary/aromatic N) is 2. The summed E-state index contributed by atoms with van der Waals surface area (Å²) in [6, 6.07) is 13.9. The largest absolute Gasteiger partial charge is 0.499 e. The summed E-state index contributed by atoms with van der Waals surface area (Å²) in [5.74, 6) is -0.677. The lowest BCUT2D eigenvalue weighted by Crippen LogP contribution is -2.79. The number of amides is 2. The molecule has 174 valence electrons. The molecule has 4 heterocycles. The third kappa shape index (κ3) is 2.23. The van der Waals surface area contributed by atoms with Gasteiger partial charge in [-0.25, -0.2) is 5.06 Å². The molecule has 0 saturated carbocycles. The topological polar surface area (TPSA) is 88.5 Å². The van der Waals surface area contributed by atoms with Gasteiger partial charge >= 0.3 is 0 Å². The second kappa shape index (κ2) is 6.69. The molecule has 0 aromatic heterocycles.